The number of hydrogen-bond acceptors (Lipinski definition) is 3. The van der Waals surface area contributed by atoms with Crippen LogP contribution in [-0.4, -0.2) is 60.7 Å². The van der Waals surface area contributed by atoms with Crippen LogP contribution < -0.4 is 5.32 Å². The molecule has 1 aromatic carbocycles. The minimum atomic E-state index is -0.0397. The molecule has 25 heavy (non-hydrogen) atoms. The molecule has 0 saturated carbocycles. The minimum Gasteiger partial charge on any atom is -0.367 e. The van der Waals surface area contributed by atoms with Crippen molar-refractivity contribution in [2.75, 3.05) is 32.7 Å². The van der Waals surface area contributed by atoms with Gasteiger partial charge in [-0.2, -0.15) is 0 Å². The number of hydrogen-bond donors (Lipinski definition) is 1. The Morgan fingerprint density at radius 3 is 2.60 bits per heavy atom. The van der Waals surface area contributed by atoms with E-state index in [2.05, 4.69) is 29.3 Å². The number of amides is 2. The third-order valence-electron chi connectivity index (χ3n) is 5.17. The first-order valence-corrected chi connectivity index (χ1v) is 9.64. The number of urea groups is 1. The van der Waals surface area contributed by atoms with E-state index in [1.54, 1.807) is 0 Å². The van der Waals surface area contributed by atoms with Crippen molar-refractivity contribution in [3.8, 4) is 0 Å². The largest absolute Gasteiger partial charge is 0.367 e. The molecular weight excluding hydrogens is 314 g/mol. The molecule has 2 aliphatic heterocycles. The van der Waals surface area contributed by atoms with E-state index in [9.17, 15) is 4.79 Å². The number of likely N-dealkylation sites (tertiary alicyclic amines) is 1. The molecule has 1 aromatic rings. The molecule has 1 N–H and O–H groups in total. The number of rotatable bonds is 4. The van der Waals surface area contributed by atoms with E-state index < -0.39 is 0 Å². The number of benzene rings is 1. The van der Waals surface area contributed by atoms with E-state index in [-0.39, 0.29) is 18.2 Å². The predicted octanol–water partition coefficient (Wildman–Crippen LogP) is 3.03. The quantitative estimate of drug-likeness (QED) is 0.912. The lowest BCUT2D eigenvalue weighted by molar-refractivity contribution is -0.0660. The third-order valence-corrected chi connectivity index (χ3v) is 5.17. The van der Waals surface area contributed by atoms with Gasteiger partial charge in [0, 0.05) is 25.7 Å². The zero-order valence-corrected chi connectivity index (χ0v) is 15.5. The molecule has 0 bridgehead atoms. The minimum absolute atomic E-state index is 0.0397. The van der Waals surface area contributed by atoms with Crippen LogP contribution in [0.4, 0.5) is 4.79 Å². The summed E-state index contributed by atoms with van der Waals surface area (Å²) in [6.07, 6.45) is 3.31. The predicted molar refractivity (Wildman–Crippen MR) is 99.6 cm³/mol. The van der Waals surface area contributed by atoms with Crippen LogP contribution >= 0.6 is 0 Å². The molecule has 3 rings (SSSR count). The molecule has 0 spiro atoms. The fourth-order valence-corrected chi connectivity index (χ4v) is 3.85. The van der Waals surface area contributed by atoms with Gasteiger partial charge in [0.2, 0.25) is 0 Å². The van der Waals surface area contributed by atoms with Crippen molar-refractivity contribution < 1.29 is 9.53 Å². The van der Waals surface area contributed by atoms with Crippen molar-refractivity contribution in [1.29, 1.82) is 0 Å². The number of carbonyl (C=O) groups excluding carboxylic acids is 1. The smallest absolute Gasteiger partial charge is 0.317 e. The Balaban J connectivity index is 1.53. The highest BCUT2D eigenvalue weighted by Gasteiger charge is 2.30. The summed E-state index contributed by atoms with van der Waals surface area (Å²) in [5.74, 6) is 0. The van der Waals surface area contributed by atoms with E-state index in [1.165, 1.54) is 13.0 Å². The molecule has 0 unspecified atom stereocenters. The second-order valence-corrected chi connectivity index (χ2v) is 7.32. The Kier molecular flexibility index (Phi) is 6.32. The summed E-state index contributed by atoms with van der Waals surface area (Å²) >= 11 is 0. The molecule has 5 heteroatoms. The van der Waals surface area contributed by atoms with Gasteiger partial charge >= 0.3 is 6.03 Å². The van der Waals surface area contributed by atoms with Crippen LogP contribution in [0.25, 0.3) is 0 Å². The standard InChI is InChI=1S/C20H31N3O2/c1-3-11-22-12-9-18(10-13-22)21-20(24)23-14-16(2)25-19(15-23)17-7-5-4-6-8-17/h4-8,16,18-19H,3,9-15H2,1-2H3,(H,21,24)/t16-,19-/m0/s1. The van der Waals surface area contributed by atoms with Crippen molar-refractivity contribution in [3.63, 3.8) is 0 Å². The average Bonchev–Trinajstić information content (AvgIpc) is 2.64. The summed E-state index contributed by atoms with van der Waals surface area (Å²) in [5, 5.41) is 3.25. The molecule has 0 aromatic heterocycles. The molecule has 2 fully saturated rings. The molecule has 2 amide bonds. The lowest BCUT2D eigenvalue weighted by Gasteiger charge is -2.38. The Morgan fingerprint density at radius 2 is 1.92 bits per heavy atom. The maximum Gasteiger partial charge on any atom is 0.317 e. The van der Waals surface area contributed by atoms with Crippen molar-refractivity contribution >= 4 is 6.03 Å². The number of ether oxygens (including phenoxy) is 1. The Morgan fingerprint density at radius 1 is 1.20 bits per heavy atom. The van der Waals surface area contributed by atoms with Gasteiger partial charge in [0.1, 0.15) is 6.10 Å². The molecule has 2 aliphatic rings. The van der Waals surface area contributed by atoms with Crippen molar-refractivity contribution in [1.82, 2.24) is 15.1 Å². The molecule has 2 heterocycles. The van der Waals surface area contributed by atoms with E-state index in [1.807, 2.05) is 30.0 Å². The highest BCUT2D eigenvalue weighted by Crippen LogP contribution is 2.25. The summed E-state index contributed by atoms with van der Waals surface area (Å²) in [5.41, 5.74) is 1.14. The topological polar surface area (TPSA) is 44.8 Å². The molecule has 2 atom stereocenters. The van der Waals surface area contributed by atoms with Gasteiger partial charge in [-0.05, 0) is 38.3 Å². The molecular formula is C20H31N3O2. The van der Waals surface area contributed by atoms with Gasteiger partial charge in [-0.25, -0.2) is 4.79 Å². The number of carbonyl (C=O) groups is 1. The van der Waals surface area contributed by atoms with Gasteiger partial charge < -0.3 is 19.9 Å². The van der Waals surface area contributed by atoms with E-state index in [0.29, 0.717) is 19.1 Å². The van der Waals surface area contributed by atoms with Gasteiger partial charge in [-0.1, -0.05) is 37.3 Å². The van der Waals surface area contributed by atoms with Crippen LogP contribution in [0.15, 0.2) is 30.3 Å². The van der Waals surface area contributed by atoms with Gasteiger partial charge in [0.25, 0.3) is 0 Å². The maximum absolute atomic E-state index is 12.7. The van der Waals surface area contributed by atoms with E-state index in [4.69, 9.17) is 4.74 Å². The van der Waals surface area contributed by atoms with Crippen LogP contribution in [0.1, 0.15) is 44.8 Å². The zero-order chi connectivity index (χ0) is 17.6. The number of nitrogens with one attached hydrogen (secondary N) is 1. The summed E-state index contributed by atoms with van der Waals surface area (Å²) in [7, 11) is 0. The van der Waals surface area contributed by atoms with Crippen LogP contribution in [0.2, 0.25) is 0 Å². The molecule has 0 radical (unpaired) electrons. The second-order valence-electron chi connectivity index (χ2n) is 7.32. The average molecular weight is 345 g/mol. The first kappa shape index (κ1) is 18.2. The summed E-state index contributed by atoms with van der Waals surface area (Å²) in [4.78, 5) is 17.2. The lowest BCUT2D eigenvalue weighted by atomic mass is 10.0. The molecule has 0 aliphatic carbocycles. The van der Waals surface area contributed by atoms with Crippen LogP contribution in [-0.2, 0) is 4.74 Å². The van der Waals surface area contributed by atoms with Crippen LogP contribution in [0.5, 0.6) is 0 Å². The Bertz CT molecular complexity index is 543. The summed E-state index contributed by atoms with van der Waals surface area (Å²) in [6, 6.07) is 10.5. The number of piperidine rings is 1. The number of morpholine rings is 1. The second kappa shape index (κ2) is 8.68. The monoisotopic (exact) mass is 345 g/mol. The van der Waals surface area contributed by atoms with Crippen LogP contribution in [0.3, 0.4) is 0 Å². The van der Waals surface area contributed by atoms with Crippen molar-refractivity contribution in [2.24, 2.45) is 0 Å². The zero-order valence-electron chi connectivity index (χ0n) is 15.5. The Labute approximate surface area is 151 Å². The van der Waals surface area contributed by atoms with Crippen LogP contribution in [0, 0.1) is 0 Å². The highest BCUT2D eigenvalue weighted by molar-refractivity contribution is 5.74. The third kappa shape index (κ3) is 4.95. The van der Waals surface area contributed by atoms with Gasteiger partial charge in [-0.3, -0.25) is 0 Å². The normalized spacial score (nSPS) is 25.8. The lowest BCUT2D eigenvalue weighted by Crippen LogP contribution is -2.53. The van der Waals surface area contributed by atoms with Crippen molar-refractivity contribution in [3.05, 3.63) is 35.9 Å². The first-order chi connectivity index (χ1) is 12.2. The molecule has 2 saturated heterocycles. The van der Waals surface area contributed by atoms with Gasteiger partial charge in [0.05, 0.1) is 12.6 Å². The summed E-state index contributed by atoms with van der Waals surface area (Å²) < 4.78 is 6.06. The summed E-state index contributed by atoms with van der Waals surface area (Å²) in [6.45, 7) is 8.88. The van der Waals surface area contributed by atoms with Crippen molar-refractivity contribution in [2.45, 2.75) is 51.4 Å². The van der Waals surface area contributed by atoms with E-state index >= 15 is 0 Å². The SMILES string of the molecule is CCCN1CCC(NC(=O)N2C[C@@H](c3ccccc3)O[C@@H](C)C2)CC1. The maximum atomic E-state index is 12.7. The number of nitrogens with zero attached hydrogens (tertiary/aromatic N) is 2. The van der Waals surface area contributed by atoms with Gasteiger partial charge in [-0.15, -0.1) is 0 Å². The first-order valence-electron chi connectivity index (χ1n) is 9.64. The fourth-order valence-electron chi connectivity index (χ4n) is 3.85. The fraction of sp³-hybridized carbons (Fsp3) is 0.650. The Hall–Kier alpha value is -1.59. The van der Waals surface area contributed by atoms with E-state index in [0.717, 1.165) is 31.5 Å². The molecule has 138 valence electrons. The molecule has 5 nitrogen and oxygen atoms in total. The van der Waals surface area contributed by atoms with Gasteiger partial charge in [0.15, 0.2) is 0 Å². The highest BCUT2D eigenvalue weighted by atomic mass is 16.5.